The van der Waals surface area contributed by atoms with Crippen LogP contribution in [0, 0.1) is 5.92 Å². The summed E-state index contributed by atoms with van der Waals surface area (Å²) in [5.41, 5.74) is 3.74. The third-order valence-corrected chi connectivity index (χ3v) is 6.22. The van der Waals surface area contributed by atoms with E-state index >= 15 is 0 Å². The van der Waals surface area contributed by atoms with Gasteiger partial charge in [-0.15, -0.1) is 0 Å². The lowest BCUT2D eigenvalue weighted by Crippen LogP contribution is -2.45. The second kappa shape index (κ2) is 9.75. The topological polar surface area (TPSA) is 90.8 Å². The number of aliphatic imine (C=N–C) groups is 1. The maximum atomic E-state index is 12.8. The SMILES string of the molecule is C[C@@H](C(=O)N[C@H]1N=Cc2ccc(-c3ccccc3)cc2NC1=O)[C@@H](O)c1ccc(Cl)c(Cl)c1. The first kappa shape index (κ1) is 23.0. The van der Waals surface area contributed by atoms with Crippen molar-refractivity contribution < 1.29 is 14.7 Å². The third-order valence-electron chi connectivity index (χ3n) is 5.48. The molecule has 0 aromatic heterocycles. The van der Waals surface area contributed by atoms with E-state index in [-0.39, 0.29) is 5.02 Å². The van der Waals surface area contributed by atoms with Gasteiger partial charge in [0.05, 0.1) is 27.8 Å². The molecule has 33 heavy (non-hydrogen) atoms. The van der Waals surface area contributed by atoms with Crippen molar-refractivity contribution in [3.8, 4) is 11.1 Å². The van der Waals surface area contributed by atoms with Crippen molar-refractivity contribution in [2.24, 2.45) is 10.9 Å². The molecule has 1 heterocycles. The van der Waals surface area contributed by atoms with Crippen LogP contribution < -0.4 is 10.6 Å². The number of halogens is 2. The van der Waals surface area contributed by atoms with E-state index < -0.39 is 30.0 Å². The molecule has 1 aliphatic rings. The Morgan fingerprint density at radius 3 is 2.52 bits per heavy atom. The minimum Gasteiger partial charge on any atom is -0.388 e. The predicted octanol–water partition coefficient (Wildman–Crippen LogP) is 4.84. The number of hydrogen-bond acceptors (Lipinski definition) is 4. The van der Waals surface area contributed by atoms with Crippen molar-refractivity contribution >= 4 is 46.9 Å². The number of aliphatic hydroxyl groups excluding tert-OH is 1. The molecule has 6 nitrogen and oxygen atoms in total. The highest BCUT2D eigenvalue weighted by molar-refractivity contribution is 6.42. The van der Waals surface area contributed by atoms with Gasteiger partial charge in [0.1, 0.15) is 0 Å². The first-order valence-corrected chi connectivity index (χ1v) is 11.1. The van der Waals surface area contributed by atoms with Crippen LogP contribution in [0.1, 0.15) is 24.2 Å². The Kier molecular flexibility index (Phi) is 6.79. The zero-order valence-electron chi connectivity index (χ0n) is 17.6. The Morgan fingerprint density at radius 2 is 1.79 bits per heavy atom. The number of carbonyl (C=O) groups excluding carboxylic acids is 2. The minimum atomic E-state index is -1.14. The molecular formula is C25H21Cl2N3O3. The Balaban J connectivity index is 1.47. The van der Waals surface area contributed by atoms with Gasteiger partial charge < -0.3 is 15.7 Å². The molecule has 0 bridgehead atoms. The summed E-state index contributed by atoms with van der Waals surface area (Å²) >= 11 is 11.9. The molecule has 3 aromatic rings. The average Bonchev–Trinajstić information content (AvgIpc) is 2.98. The molecular weight excluding hydrogens is 461 g/mol. The van der Waals surface area contributed by atoms with Crippen LogP contribution in [0.2, 0.25) is 10.0 Å². The van der Waals surface area contributed by atoms with Crippen LogP contribution in [0.5, 0.6) is 0 Å². The van der Waals surface area contributed by atoms with E-state index in [4.69, 9.17) is 23.2 Å². The fraction of sp³-hybridized carbons (Fsp3) is 0.160. The number of aliphatic hydroxyl groups is 1. The van der Waals surface area contributed by atoms with Gasteiger partial charge in [-0.25, -0.2) is 0 Å². The molecule has 4 rings (SSSR count). The van der Waals surface area contributed by atoms with Crippen LogP contribution in [-0.4, -0.2) is 29.3 Å². The van der Waals surface area contributed by atoms with Crippen molar-refractivity contribution in [1.29, 1.82) is 0 Å². The number of rotatable bonds is 5. The quantitative estimate of drug-likeness (QED) is 0.486. The summed E-state index contributed by atoms with van der Waals surface area (Å²) in [7, 11) is 0. The van der Waals surface area contributed by atoms with Crippen LogP contribution in [0.4, 0.5) is 5.69 Å². The molecule has 0 aliphatic carbocycles. The van der Waals surface area contributed by atoms with Gasteiger partial charge in [0.2, 0.25) is 12.1 Å². The molecule has 0 saturated heterocycles. The number of nitrogens with one attached hydrogen (secondary N) is 2. The van der Waals surface area contributed by atoms with E-state index in [9.17, 15) is 14.7 Å². The number of nitrogens with zero attached hydrogens (tertiary/aromatic N) is 1. The van der Waals surface area contributed by atoms with Gasteiger partial charge >= 0.3 is 0 Å². The fourth-order valence-corrected chi connectivity index (χ4v) is 3.81. The fourth-order valence-electron chi connectivity index (χ4n) is 3.51. The van der Waals surface area contributed by atoms with Crippen LogP contribution in [0.3, 0.4) is 0 Å². The van der Waals surface area contributed by atoms with Gasteiger partial charge in [-0.1, -0.05) is 78.7 Å². The smallest absolute Gasteiger partial charge is 0.269 e. The Hall–Kier alpha value is -3.19. The number of benzene rings is 3. The van der Waals surface area contributed by atoms with E-state index in [1.54, 1.807) is 25.3 Å². The number of fused-ring (bicyclic) bond motifs is 1. The number of hydrogen-bond donors (Lipinski definition) is 3. The maximum absolute atomic E-state index is 12.8. The Bertz CT molecular complexity index is 1230. The van der Waals surface area contributed by atoms with Gasteiger partial charge in [-0.05, 0) is 34.9 Å². The summed E-state index contributed by atoms with van der Waals surface area (Å²) in [5.74, 6) is -1.86. The van der Waals surface area contributed by atoms with Crippen molar-refractivity contribution in [1.82, 2.24) is 5.32 Å². The number of carbonyl (C=O) groups is 2. The normalized spacial score (nSPS) is 16.8. The Labute approximate surface area is 201 Å². The second-order valence-electron chi connectivity index (χ2n) is 7.75. The molecule has 2 amide bonds. The van der Waals surface area contributed by atoms with Gasteiger partial charge in [0, 0.05) is 11.8 Å². The van der Waals surface area contributed by atoms with Crippen LogP contribution in [0.15, 0.2) is 71.7 Å². The molecule has 1 aliphatic heterocycles. The van der Waals surface area contributed by atoms with Gasteiger partial charge in [0.25, 0.3) is 5.91 Å². The van der Waals surface area contributed by atoms with E-state index in [2.05, 4.69) is 15.6 Å². The predicted molar refractivity (Wildman–Crippen MR) is 131 cm³/mol. The van der Waals surface area contributed by atoms with Crippen molar-refractivity contribution in [2.45, 2.75) is 19.2 Å². The minimum absolute atomic E-state index is 0.279. The summed E-state index contributed by atoms with van der Waals surface area (Å²) in [5, 5.41) is 16.7. The molecule has 3 atom stereocenters. The molecule has 0 fully saturated rings. The molecule has 3 N–H and O–H groups in total. The average molecular weight is 482 g/mol. The largest absolute Gasteiger partial charge is 0.388 e. The van der Waals surface area contributed by atoms with Gasteiger partial charge in [0.15, 0.2) is 0 Å². The highest BCUT2D eigenvalue weighted by atomic mass is 35.5. The van der Waals surface area contributed by atoms with E-state index in [1.165, 1.54) is 6.07 Å². The van der Waals surface area contributed by atoms with Crippen LogP contribution >= 0.6 is 23.2 Å². The zero-order valence-corrected chi connectivity index (χ0v) is 19.1. The molecule has 168 valence electrons. The number of anilines is 1. The van der Waals surface area contributed by atoms with Crippen molar-refractivity contribution in [3.63, 3.8) is 0 Å². The highest BCUT2D eigenvalue weighted by Gasteiger charge is 2.29. The summed E-state index contributed by atoms with van der Waals surface area (Å²) in [4.78, 5) is 29.8. The van der Waals surface area contributed by atoms with E-state index in [0.717, 1.165) is 16.7 Å². The lowest BCUT2D eigenvalue weighted by Gasteiger charge is -2.21. The van der Waals surface area contributed by atoms with Crippen LogP contribution in [-0.2, 0) is 9.59 Å². The van der Waals surface area contributed by atoms with E-state index in [1.807, 2.05) is 48.5 Å². The first-order valence-electron chi connectivity index (χ1n) is 10.3. The number of benzodiazepines with no additional fused rings is 1. The Morgan fingerprint density at radius 1 is 1.03 bits per heavy atom. The lowest BCUT2D eigenvalue weighted by molar-refractivity contribution is -0.131. The highest BCUT2D eigenvalue weighted by Crippen LogP contribution is 2.29. The molecule has 0 radical (unpaired) electrons. The summed E-state index contributed by atoms with van der Waals surface area (Å²) in [6, 6.07) is 20.1. The van der Waals surface area contributed by atoms with Crippen molar-refractivity contribution in [3.05, 3.63) is 87.9 Å². The summed E-state index contributed by atoms with van der Waals surface area (Å²) < 4.78 is 0. The molecule has 0 unspecified atom stereocenters. The standard InChI is InChI=1S/C25H21Cl2N3O3/c1-14(22(31)17-9-10-19(26)20(27)11-17)24(32)30-23-25(33)29-21-12-16(7-8-18(21)13-28-23)15-5-3-2-4-6-15/h2-14,22-23,31H,1H3,(H,29,33)(H,30,32)/t14-,22-,23-/m1/s1. The lowest BCUT2D eigenvalue weighted by atomic mass is 9.96. The summed E-state index contributed by atoms with van der Waals surface area (Å²) in [6.45, 7) is 1.56. The van der Waals surface area contributed by atoms with Gasteiger partial charge in [-0.2, -0.15) is 0 Å². The zero-order chi connectivity index (χ0) is 23.5. The van der Waals surface area contributed by atoms with Crippen LogP contribution in [0.25, 0.3) is 11.1 Å². The molecule has 8 heteroatoms. The third kappa shape index (κ3) is 5.09. The molecule has 3 aromatic carbocycles. The first-order chi connectivity index (χ1) is 15.8. The monoisotopic (exact) mass is 481 g/mol. The molecule has 0 spiro atoms. The second-order valence-corrected chi connectivity index (χ2v) is 8.57. The van der Waals surface area contributed by atoms with Gasteiger partial charge in [-0.3, -0.25) is 14.6 Å². The van der Waals surface area contributed by atoms with E-state index in [0.29, 0.717) is 16.3 Å². The molecule has 0 saturated carbocycles. The van der Waals surface area contributed by atoms with Crippen molar-refractivity contribution in [2.75, 3.05) is 5.32 Å². The number of amides is 2. The summed E-state index contributed by atoms with van der Waals surface area (Å²) in [6.07, 6.45) is -0.718. The maximum Gasteiger partial charge on any atom is 0.269 e.